The van der Waals surface area contributed by atoms with Crippen molar-refractivity contribution in [2.75, 3.05) is 13.2 Å². The van der Waals surface area contributed by atoms with Gasteiger partial charge in [0.25, 0.3) is 0 Å². The van der Waals surface area contributed by atoms with Crippen LogP contribution in [-0.2, 0) is 14.3 Å². The van der Waals surface area contributed by atoms with E-state index in [9.17, 15) is 40.5 Å². The monoisotopic (exact) mass is 852 g/mol. The van der Waals surface area contributed by atoms with E-state index in [2.05, 4.69) is 55.6 Å². The van der Waals surface area contributed by atoms with Crippen molar-refractivity contribution in [3.63, 3.8) is 0 Å². The highest BCUT2D eigenvalue weighted by atomic mass is 16.7. The average Bonchev–Trinajstić information content (AvgIpc) is 3.25. The normalized spacial score (nSPS) is 22.1. The molecular weight excluding hydrogens is 763 g/mol. The second-order valence-corrected chi connectivity index (χ2v) is 16.8. The van der Waals surface area contributed by atoms with Gasteiger partial charge in [-0.1, -0.05) is 152 Å². The zero-order valence-electron chi connectivity index (χ0n) is 37.7. The van der Waals surface area contributed by atoms with Gasteiger partial charge in [0.1, 0.15) is 36.6 Å². The summed E-state index contributed by atoms with van der Waals surface area (Å²) in [5.74, 6) is -0.751. The van der Waals surface area contributed by atoms with Gasteiger partial charge < -0.3 is 50.5 Å². The zero-order chi connectivity index (χ0) is 44.1. The van der Waals surface area contributed by atoms with Gasteiger partial charge in [0.15, 0.2) is 6.29 Å². The number of allylic oxidation sites excluding steroid dienone is 8. The highest BCUT2D eigenvalue weighted by Gasteiger charge is 2.44. The molecule has 1 amide bonds. The minimum absolute atomic E-state index is 0.162. The number of carbonyl (C=O) groups is 1. The van der Waals surface area contributed by atoms with E-state index in [0.29, 0.717) is 19.3 Å². The molecule has 1 fully saturated rings. The molecule has 9 unspecified atom stereocenters. The number of ether oxygens (including phenoxy) is 2. The van der Waals surface area contributed by atoms with Crippen LogP contribution in [0.1, 0.15) is 187 Å². The lowest BCUT2D eigenvalue weighted by Gasteiger charge is -2.40. The quantitative estimate of drug-likeness (QED) is 0.0221. The molecule has 0 radical (unpaired) electrons. The highest BCUT2D eigenvalue weighted by Crippen LogP contribution is 2.23. The highest BCUT2D eigenvalue weighted by molar-refractivity contribution is 5.80. The Hall–Kier alpha value is -1.93. The van der Waals surface area contributed by atoms with Crippen molar-refractivity contribution >= 4 is 5.91 Å². The first-order chi connectivity index (χ1) is 29.2. The summed E-state index contributed by atoms with van der Waals surface area (Å²) in [5, 5.41) is 75.3. The fourth-order valence-corrected chi connectivity index (χ4v) is 7.30. The molecule has 0 spiro atoms. The Labute approximate surface area is 364 Å². The van der Waals surface area contributed by atoms with Crippen LogP contribution >= 0.6 is 0 Å². The van der Waals surface area contributed by atoms with E-state index in [0.717, 1.165) is 38.5 Å². The van der Waals surface area contributed by atoms with Crippen LogP contribution in [0.5, 0.6) is 0 Å². The Morgan fingerprint density at radius 2 is 1.00 bits per heavy atom. The molecule has 60 heavy (non-hydrogen) atoms. The van der Waals surface area contributed by atoms with Gasteiger partial charge in [0.2, 0.25) is 5.91 Å². The summed E-state index contributed by atoms with van der Waals surface area (Å²) in [5.41, 5.74) is 0. The number of hydrogen-bond donors (Lipinski definition) is 8. The maximum Gasteiger partial charge on any atom is 0.249 e. The predicted octanol–water partition coefficient (Wildman–Crippen LogP) is 8.17. The zero-order valence-corrected chi connectivity index (χ0v) is 37.7. The number of unbranched alkanes of at least 4 members (excludes halogenated alkanes) is 19. The minimum Gasteiger partial charge on any atom is -0.394 e. The third-order valence-corrected chi connectivity index (χ3v) is 11.3. The molecule has 1 aliphatic heterocycles. The van der Waals surface area contributed by atoms with Crippen molar-refractivity contribution in [3.8, 4) is 0 Å². The number of aliphatic hydroxyl groups excluding tert-OH is 7. The number of rotatable bonds is 39. The first kappa shape index (κ1) is 56.1. The molecule has 0 aromatic heterocycles. The summed E-state index contributed by atoms with van der Waals surface area (Å²) in [4.78, 5) is 13.0. The molecule has 1 saturated heterocycles. The Kier molecular flexibility index (Phi) is 36.2. The topological polar surface area (TPSA) is 189 Å². The van der Waals surface area contributed by atoms with Crippen LogP contribution in [-0.4, -0.2) is 110 Å². The number of carbonyl (C=O) groups excluding carboxylic acids is 1. The summed E-state index contributed by atoms with van der Waals surface area (Å²) in [6.07, 6.45) is 35.0. The number of aliphatic hydroxyl groups is 7. The lowest BCUT2D eigenvalue weighted by atomic mass is 9.99. The molecule has 9 atom stereocenters. The van der Waals surface area contributed by atoms with Gasteiger partial charge in [0.05, 0.1) is 25.4 Å². The smallest absolute Gasteiger partial charge is 0.249 e. The van der Waals surface area contributed by atoms with E-state index in [1.807, 2.05) is 12.2 Å². The molecular formula is C49H89NO10. The molecule has 1 aliphatic rings. The number of hydrogen-bond acceptors (Lipinski definition) is 10. The van der Waals surface area contributed by atoms with Gasteiger partial charge >= 0.3 is 0 Å². The molecule has 350 valence electrons. The van der Waals surface area contributed by atoms with Crippen LogP contribution in [0.3, 0.4) is 0 Å². The standard InChI is InChI=1S/C49H89NO10/c1-3-5-7-9-11-13-14-15-16-17-18-19-20-21-22-23-24-25-26-27-28-29-31-32-34-36-41(52)44(54)40(39-59-49-47(57)46(56)45(55)43(38-51)60-49)50-48(58)42(53)37-35-33-30-12-10-8-6-4-2/h21-22,25-26,29-31,33,40-47,49,51-57H,3-20,23-24,27-28,32,34-39H2,1-2H3,(H,50,58)/b22-21+,26-25+,31-29+,33-30-. The number of amides is 1. The second kappa shape index (κ2) is 38.7. The van der Waals surface area contributed by atoms with Crippen molar-refractivity contribution in [2.24, 2.45) is 0 Å². The van der Waals surface area contributed by atoms with Crippen LogP contribution in [0.15, 0.2) is 48.6 Å². The minimum atomic E-state index is -1.68. The third kappa shape index (κ3) is 27.9. The van der Waals surface area contributed by atoms with E-state index in [1.54, 1.807) is 0 Å². The maximum absolute atomic E-state index is 13.0. The lowest BCUT2D eigenvalue weighted by molar-refractivity contribution is -0.303. The van der Waals surface area contributed by atoms with Crippen LogP contribution in [0.2, 0.25) is 0 Å². The van der Waals surface area contributed by atoms with Crippen molar-refractivity contribution in [2.45, 2.75) is 242 Å². The van der Waals surface area contributed by atoms with E-state index in [4.69, 9.17) is 9.47 Å². The Balaban J connectivity index is 2.39. The summed E-state index contributed by atoms with van der Waals surface area (Å²) < 4.78 is 11.0. The van der Waals surface area contributed by atoms with Crippen LogP contribution in [0.4, 0.5) is 0 Å². The lowest BCUT2D eigenvalue weighted by Crippen LogP contribution is -2.60. The Morgan fingerprint density at radius 3 is 1.50 bits per heavy atom. The van der Waals surface area contributed by atoms with E-state index < -0.39 is 74.2 Å². The van der Waals surface area contributed by atoms with E-state index in [-0.39, 0.29) is 12.8 Å². The molecule has 0 aromatic carbocycles. The SMILES string of the molecule is CCCCCC/C=C\CCC(O)C(=O)NC(COC1OC(CO)C(O)C(O)C1O)C(O)C(O)CCC/C=C/CC/C=C/CC/C=C/CCCCCCCCCCCCCC. The van der Waals surface area contributed by atoms with Crippen LogP contribution in [0.25, 0.3) is 0 Å². The molecule has 0 saturated carbocycles. The largest absolute Gasteiger partial charge is 0.394 e. The summed E-state index contributed by atoms with van der Waals surface area (Å²) >= 11 is 0. The van der Waals surface area contributed by atoms with Gasteiger partial charge in [0, 0.05) is 0 Å². The molecule has 0 bridgehead atoms. The molecule has 11 heteroatoms. The van der Waals surface area contributed by atoms with Crippen molar-refractivity contribution in [1.29, 1.82) is 0 Å². The molecule has 1 heterocycles. The third-order valence-electron chi connectivity index (χ3n) is 11.3. The van der Waals surface area contributed by atoms with Crippen molar-refractivity contribution in [1.82, 2.24) is 5.32 Å². The van der Waals surface area contributed by atoms with Crippen LogP contribution in [0, 0.1) is 0 Å². The van der Waals surface area contributed by atoms with E-state index >= 15 is 0 Å². The van der Waals surface area contributed by atoms with E-state index in [1.165, 1.54) is 103 Å². The molecule has 8 N–H and O–H groups in total. The summed E-state index contributed by atoms with van der Waals surface area (Å²) in [6, 6.07) is -1.21. The van der Waals surface area contributed by atoms with Crippen molar-refractivity contribution < 1.29 is 50.0 Å². The molecule has 11 nitrogen and oxygen atoms in total. The first-order valence-electron chi connectivity index (χ1n) is 24.0. The first-order valence-corrected chi connectivity index (χ1v) is 24.0. The van der Waals surface area contributed by atoms with Gasteiger partial charge in [-0.05, 0) is 83.5 Å². The van der Waals surface area contributed by atoms with Gasteiger partial charge in [-0.2, -0.15) is 0 Å². The fraction of sp³-hybridized carbons (Fsp3) is 0.816. The molecule has 1 rings (SSSR count). The fourth-order valence-electron chi connectivity index (χ4n) is 7.30. The summed E-state index contributed by atoms with van der Waals surface area (Å²) in [6.45, 7) is 3.33. The maximum atomic E-state index is 13.0. The molecule has 0 aromatic rings. The number of nitrogens with one attached hydrogen (secondary N) is 1. The second-order valence-electron chi connectivity index (χ2n) is 16.8. The van der Waals surface area contributed by atoms with Crippen LogP contribution < -0.4 is 5.32 Å². The Morgan fingerprint density at radius 1 is 0.567 bits per heavy atom. The average molecular weight is 852 g/mol. The summed E-state index contributed by atoms with van der Waals surface area (Å²) in [7, 11) is 0. The van der Waals surface area contributed by atoms with Gasteiger partial charge in [-0.25, -0.2) is 0 Å². The van der Waals surface area contributed by atoms with Gasteiger partial charge in [-0.15, -0.1) is 0 Å². The van der Waals surface area contributed by atoms with Crippen molar-refractivity contribution in [3.05, 3.63) is 48.6 Å². The predicted molar refractivity (Wildman–Crippen MR) is 242 cm³/mol. The van der Waals surface area contributed by atoms with Gasteiger partial charge in [-0.3, -0.25) is 4.79 Å². The molecule has 0 aliphatic carbocycles. The Bertz CT molecular complexity index is 1110.